The molecule has 0 spiro atoms. The first kappa shape index (κ1) is 30.0. The summed E-state index contributed by atoms with van der Waals surface area (Å²) in [5, 5.41) is 23.0. The summed E-state index contributed by atoms with van der Waals surface area (Å²) in [7, 11) is 3.60. The lowest BCUT2D eigenvalue weighted by molar-refractivity contribution is 0.0945. The molecule has 7 N–H and O–H groups in total. The third-order valence-electron chi connectivity index (χ3n) is 6.22. The Labute approximate surface area is 246 Å². The van der Waals surface area contributed by atoms with Crippen LogP contribution in [-0.2, 0) is 7.05 Å². The number of nitrogens with two attached hydrogens (primary N) is 1. The van der Waals surface area contributed by atoms with Crippen molar-refractivity contribution in [1.82, 2.24) is 25.2 Å². The van der Waals surface area contributed by atoms with Gasteiger partial charge < -0.3 is 31.2 Å². The number of carbonyl (C=O) groups is 3. The third kappa shape index (κ3) is 8.27. The molecule has 5 rings (SSSR count). The SMILES string of the molecule is CNc1cc(C(=O)NCCC(=N)N)n(C)c1.O=Cc1cc(NC(=O)c2ccc(/C=C/c3ccc4nonc4c3)cc2)c[nH]1. The molecule has 0 aliphatic rings. The molecule has 0 atom stereocenters. The summed E-state index contributed by atoms with van der Waals surface area (Å²) in [6.45, 7) is 0.383. The number of aryl methyl sites for hydroxylation is 1. The van der Waals surface area contributed by atoms with Crippen molar-refractivity contribution in [1.29, 1.82) is 5.41 Å². The number of nitrogens with one attached hydrogen (secondary N) is 5. The average molecular weight is 582 g/mol. The molecule has 3 heterocycles. The number of amides is 2. The second-order valence-corrected chi connectivity index (χ2v) is 9.39. The molecule has 220 valence electrons. The van der Waals surface area contributed by atoms with Gasteiger partial charge in [0.25, 0.3) is 11.8 Å². The Morgan fingerprint density at radius 1 is 1.00 bits per heavy atom. The van der Waals surface area contributed by atoms with Crippen LogP contribution in [0.4, 0.5) is 11.4 Å². The number of aromatic amines is 1. The highest BCUT2D eigenvalue weighted by Crippen LogP contribution is 2.16. The van der Waals surface area contributed by atoms with E-state index in [1.54, 1.807) is 49.1 Å². The van der Waals surface area contributed by atoms with Crippen molar-refractivity contribution in [2.24, 2.45) is 12.8 Å². The van der Waals surface area contributed by atoms with Crippen LogP contribution in [0.25, 0.3) is 23.2 Å². The number of hydrogen-bond donors (Lipinski definition) is 6. The molecule has 0 bridgehead atoms. The van der Waals surface area contributed by atoms with Gasteiger partial charge in [0.2, 0.25) is 0 Å². The fourth-order valence-electron chi connectivity index (χ4n) is 3.92. The zero-order valence-electron chi connectivity index (χ0n) is 23.5. The molecule has 0 fully saturated rings. The minimum atomic E-state index is -0.244. The predicted octanol–water partition coefficient (Wildman–Crippen LogP) is 3.91. The van der Waals surface area contributed by atoms with Gasteiger partial charge in [0.15, 0.2) is 6.29 Å². The number of carbonyl (C=O) groups excluding carboxylic acids is 3. The minimum absolute atomic E-state index is 0.0723. The van der Waals surface area contributed by atoms with Crippen molar-refractivity contribution < 1.29 is 19.0 Å². The number of amidine groups is 1. The molecule has 43 heavy (non-hydrogen) atoms. The Balaban J connectivity index is 0.000000227. The average Bonchev–Trinajstić information content (AvgIpc) is 3.75. The van der Waals surface area contributed by atoms with Crippen LogP contribution in [0.5, 0.6) is 0 Å². The number of aldehydes is 1. The first-order chi connectivity index (χ1) is 20.7. The highest BCUT2D eigenvalue weighted by Gasteiger charge is 2.11. The van der Waals surface area contributed by atoms with Gasteiger partial charge in [-0.1, -0.05) is 30.4 Å². The van der Waals surface area contributed by atoms with E-state index in [2.05, 4.69) is 35.9 Å². The Morgan fingerprint density at radius 2 is 1.72 bits per heavy atom. The Bertz CT molecular complexity index is 1760. The molecule has 2 amide bonds. The maximum Gasteiger partial charge on any atom is 0.267 e. The van der Waals surface area contributed by atoms with E-state index in [-0.39, 0.29) is 17.6 Å². The molecule has 13 nitrogen and oxygen atoms in total. The summed E-state index contributed by atoms with van der Waals surface area (Å²) in [5.74, 6) is -0.334. The molecule has 0 radical (unpaired) electrons. The van der Waals surface area contributed by atoms with Gasteiger partial charge in [0.05, 0.1) is 22.9 Å². The Morgan fingerprint density at radius 3 is 2.40 bits per heavy atom. The standard InChI is InChI=1S/C20H14N4O3.C10H17N5O/c25-12-17-10-16(11-21-17)22-20(26)15-6-3-13(4-7-15)1-2-14-5-8-18-19(9-14)24-27-23-18;1-13-7-5-8(15(2)6-7)10(16)14-4-3-9(11)12/h1-12,21H,(H,22,26);5-6,13H,3-4H2,1-2H3,(H3,11,12)(H,14,16)/b2-1+;. The first-order valence-corrected chi connectivity index (χ1v) is 13.2. The summed E-state index contributed by atoms with van der Waals surface area (Å²) in [6.07, 6.45) is 8.35. The predicted molar refractivity (Wildman–Crippen MR) is 165 cm³/mol. The van der Waals surface area contributed by atoms with Crippen molar-refractivity contribution in [3.05, 3.63) is 95.1 Å². The molecule has 3 aromatic heterocycles. The number of nitrogens with zero attached hydrogens (tertiary/aromatic N) is 3. The Kier molecular flexibility index (Phi) is 9.82. The molecule has 0 aliphatic carbocycles. The molecule has 13 heteroatoms. The summed E-state index contributed by atoms with van der Waals surface area (Å²) >= 11 is 0. The van der Waals surface area contributed by atoms with E-state index in [9.17, 15) is 14.4 Å². The van der Waals surface area contributed by atoms with Crippen molar-refractivity contribution in [2.45, 2.75) is 6.42 Å². The van der Waals surface area contributed by atoms with Crippen molar-refractivity contribution >= 4 is 58.5 Å². The number of benzene rings is 2. The smallest absolute Gasteiger partial charge is 0.267 e. The van der Waals surface area contributed by atoms with Crippen molar-refractivity contribution in [2.75, 3.05) is 24.2 Å². The molecule has 2 aromatic carbocycles. The van der Waals surface area contributed by atoms with E-state index in [0.717, 1.165) is 16.8 Å². The van der Waals surface area contributed by atoms with Gasteiger partial charge in [0.1, 0.15) is 16.7 Å². The van der Waals surface area contributed by atoms with E-state index in [1.165, 1.54) is 0 Å². The number of rotatable bonds is 10. The zero-order chi connectivity index (χ0) is 30.8. The highest BCUT2D eigenvalue weighted by atomic mass is 16.6. The van der Waals surface area contributed by atoms with Crippen molar-refractivity contribution in [3.8, 4) is 0 Å². The normalized spacial score (nSPS) is 10.7. The van der Waals surface area contributed by atoms with Crippen LogP contribution < -0.4 is 21.7 Å². The number of aromatic nitrogens is 4. The summed E-state index contributed by atoms with van der Waals surface area (Å²) in [4.78, 5) is 37.4. The van der Waals surface area contributed by atoms with Crippen LogP contribution >= 0.6 is 0 Å². The van der Waals surface area contributed by atoms with Gasteiger partial charge in [0, 0.05) is 45.0 Å². The lowest BCUT2D eigenvalue weighted by Gasteiger charge is -2.04. The van der Waals surface area contributed by atoms with E-state index >= 15 is 0 Å². The summed E-state index contributed by atoms with van der Waals surface area (Å²) in [5.41, 5.74) is 11.5. The van der Waals surface area contributed by atoms with Crippen LogP contribution in [0, 0.1) is 5.41 Å². The third-order valence-corrected chi connectivity index (χ3v) is 6.22. The molecular formula is C30H31N9O4. The molecule has 5 aromatic rings. The highest BCUT2D eigenvalue weighted by molar-refractivity contribution is 6.04. The van der Waals surface area contributed by atoms with Crippen LogP contribution in [0.3, 0.4) is 0 Å². The number of fused-ring (bicyclic) bond motifs is 1. The zero-order valence-corrected chi connectivity index (χ0v) is 23.5. The number of H-pyrrole nitrogens is 1. The van der Waals surface area contributed by atoms with Gasteiger partial charge in [-0.25, -0.2) is 4.63 Å². The van der Waals surface area contributed by atoms with Gasteiger partial charge in [-0.15, -0.1) is 0 Å². The quantitative estimate of drug-likeness (QED) is 0.0617. The van der Waals surface area contributed by atoms with Gasteiger partial charge in [-0.2, -0.15) is 0 Å². The van der Waals surface area contributed by atoms with Crippen molar-refractivity contribution in [3.63, 3.8) is 0 Å². The summed E-state index contributed by atoms with van der Waals surface area (Å²) < 4.78 is 6.43. The molecular weight excluding hydrogens is 550 g/mol. The minimum Gasteiger partial charge on any atom is -0.388 e. The first-order valence-electron chi connectivity index (χ1n) is 13.2. The van der Waals surface area contributed by atoms with E-state index < -0.39 is 0 Å². The molecule has 0 aliphatic heterocycles. The fourth-order valence-corrected chi connectivity index (χ4v) is 3.92. The topological polar surface area (TPSA) is 197 Å². The Hall–Kier alpha value is -5.98. The van der Waals surface area contributed by atoms with Crippen LogP contribution in [0.2, 0.25) is 0 Å². The van der Waals surface area contributed by atoms with Crippen LogP contribution in [0.1, 0.15) is 48.9 Å². The molecule has 0 saturated heterocycles. The van der Waals surface area contributed by atoms with Gasteiger partial charge >= 0.3 is 0 Å². The monoisotopic (exact) mass is 581 g/mol. The molecule has 0 saturated carbocycles. The van der Waals surface area contributed by atoms with Gasteiger partial charge in [-0.05, 0) is 57.8 Å². The largest absolute Gasteiger partial charge is 0.388 e. The van der Waals surface area contributed by atoms with Gasteiger partial charge in [-0.3, -0.25) is 19.8 Å². The summed E-state index contributed by atoms with van der Waals surface area (Å²) in [6, 6.07) is 16.2. The second-order valence-electron chi connectivity index (χ2n) is 9.39. The van der Waals surface area contributed by atoms with E-state index in [4.69, 9.17) is 11.1 Å². The number of anilines is 2. The maximum atomic E-state index is 12.2. The maximum absolute atomic E-state index is 12.2. The fraction of sp³-hybridized carbons (Fsp3) is 0.133. The molecule has 0 unspecified atom stereocenters. The number of hydrogen-bond acceptors (Lipinski definition) is 8. The second kappa shape index (κ2) is 14.1. The van der Waals surface area contributed by atoms with E-state index in [1.807, 2.05) is 48.7 Å². The van der Waals surface area contributed by atoms with Crippen LogP contribution in [0.15, 0.2) is 71.6 Å². The lowest BCUT2D eigenvalue weighted by atomic mass is 10.1. The van der Waals surface area contributed by atoms with Crippen LogP contribution in [-0.4, -0.2) is 57.4 Å². The lowest BCUT2D eigenvalue weighted by Crippen LogP contribution is -2.28. The van der Waals surface area contributed by atoms with E-state index in [0.29, 0.717) is 52.9 Å².